The Bertz CT molecular complexity index is 1150. The first-order valence-electron chi connectivity index (χ1n) is 12.1. The number of rotatable bonds is 5. The van der Waals surface area contributed by atoms with Crippen LogP contribution in [0.2, 0.25) is 0 Å². The summed E-state index contributed by atoms with van der Waals surface area (Å²) < 4.78 is 27.1. The van der Waals surface area contributed by atoms with E-state index in [9.17, 15) is 18.0 Å². The maximum absolute atomic E-state index is 13.1. The molecule has 0 unspecified atom stereocenters. The van der Waals surface area contributed by atoms with Crippen molar-refractivity contribution in [3.63, 3.8) is 0 Å². The van der Waals surface area contributed by atoms with Gasteiger partial charge in [-0.1, -0.05) is 36.4 Å². The van der Waals surface area contributed by atoms with Gasteiger partial charge < -0.3 is 9.80 Å². The monoisotopic (exact) mass is 481 g/mol. The first-order valence-corrected chi connectivity index (χ1v) is 13.6. The smallest absolute Gasteiger partial charge is 0.254 e. The fourth-order valence-electron chi connectivity index (χ4n) is 5.51. The minimum atomic E-state index is -3.52. The third kappa shape index (κ3) is 4.49. The fourth-order valence-corrected chi connectivity index (χ4v) is 6.96. The van der Waals surface area contributed by atoms with Crippen molar-refractivity contribution in [2.24, 2.45) is 11.8 Å². The van der Waals surface area contributed by atoms with Gasteiger partial charge in [0.25, 0.3) is 5.91 Å². The summed E-state index contributed by atoms with van der Waals surface area (Å²) >= 11 is 0. The van der Waals surface area contributed by atoms with E-state index in [1.165, 1.54) is 4.31 Å². The van der Waals surface area contributed by atoms with Gasteiger partial charge >= 0.3 is 0 Å². The molecule has 2 fully saturated rings. The highest BCUT2D eigenvalue weighted by atomic mass is 32.2. The zero-order valence-corrected chi connectivity index (χ0v) is 20.1. The number of nitrogens with zero attached hydrogens (tertiary/aromatic N) is 3. The van der Waals surface area contributed by atoms with E-state index in [0.29, 0.717) is 43.5 Å². The molecule has 8 heteroatoms. The number of carbonyl (C=O) groups excluding carboxylic acids is 2. The first kappa shape index (κ1) is 23.1. The van der Waals surface area contributed by atoms with Gasteiger partial charge in [-0.05, 0) is 55.4 Å². The van der Waals surface area contributed by atoms with E-state index in [1.54, 1.807) is 30.3 Å². The average molecular weight is 482 g/mol. The van der Waals surface area contributed by atoms with Crippen molar-refractivity contribution in [1.82, 2.24) is 14.1 Å². The van der Waals surface area contributed by atoms with Crippen LogP contribution in [0.15, 0.2) is 59.5 Å². The molecule has 0 atom stereocenters. The number of piperazine rings is 1. The highest BCUT2D eigenvalue weighted by Crippen LogP contribution is 2.33. The summed E-state index contributed by atoms with van der Waals surface area (Å²) in [6.45, 7) is 2.97. The largest absolute Gasteiger partial charge is 0.340 e. The molecular formula is C26H31N3O4S. The summed E-state index contributed by atoms with van der Waals surface area (Å²) in [7, 11) is -3.52. The molecule has 0 aromatic heterocycles. The highest BCUT2D eigenvalue weighted by molar-refractivity contribution is 7.89. The van der Waals surface area contributed by atoms with Crippen LogP contribution < -0.4 is 0 Å². The lowest BCUT2D eigenvalue weighted by Gasteiger charge is -2.37. The zero-order valence-electron chi connectivity index (χ0n) is 19.3. The Labute approximate surface area is 201 Å². The summed E-state index contributed by atoms with van der Waals surface area (Å²) in [4.78, 5) is 29.9. The lowest BCUT2D eigenvalue weighted by Crippen LogP contribution is -2.52. The van der Waals surface area contributed by atoms with Gasteiger partial charge in [0.05, 0.1) is 4.90 Å². The second-order valence-electron chi connectivity index (χ2n) is 9.60. The van der Waals surface area contributed by atoms with Gasteiger partial charge in [-0.3, -0.25) is 9.59 Å². The predicted octanol–water partition coefficient (Wildman–Crippen LogP) is 2.98. The van der Waals surface area contributed by atoms with Crippen LogP contribution in [0.5, 0.6) is 0 Å². The molecule has 5 rings (SSSR count). The van der Waals surface area contributed by atoms with Gasteiger partial charge in [0.2, 0.25) is 15.9 Å². The number of sulfonamides is 1. The normalized spacial score (nSPS) is 23.7. The molecule has 0 radical (unpaired) electrons. The van der Waals surface area contributed by atoms with E-state index in [1.807, 2.05) is 34.1 Å². The molecule has 2 aliphatic heterocycles. The maximum Gasteiger partial charge on any atom is 0.254 e. The fraction of sp³-hybridized carbons (Fsp3) is 0.462. The van der Waals surface area contributed by atoms with Crippen LogP contribution in [0.1, 0.15) is 41.6 Å². The second kappa shape index (κ2) is 9.50. The van der Waals surface area contributed by atoms with Crippen LogP contribution in [0.3, 0.4) is 0 Å². The topological polar surface area (TPSA) is 78.0 Å². The molecule has 2 amide bonds. The summed E-state index contributed by atoms with van der Waals surface area (Å²) in [5, 5.41) is 0. The second-order valence-corrected chi connectivity index (χ2v) is 11.5. The number of amides is 2. The minimum Gasteiger partial charge on any atom is -0.340 e. The first-order chi connectivity index (χ1) is 16.4. The van der Waals surface area contributed by atoms with Gasteiger partial charge in [0.1, 0.15) is 0 Å². The molecular weight excluding hydrogens is 450 g/mol. The maximum atomic E-state index is 13.1. The van der Waals surface area contributed by atoms with Crippen molar-refractivity contribution in [2.45, 2.75) is 37.1 Å². The molecule has 34 heavy (non-hydrogen) atoms. The van der Waals surface area contributed by atoms with E-state index in [0.717, 1.165) is 43.4 Å². The van der Waals surface area contributed by atoms with Crippen LogP contribution in [0, 0.1) is 11.8 Å². The van der Waals surface area contributed by atoms with Gasteiger partial charge in [0.15, 0.2) is 0 Å². The Morgan fingerprint density at radius 1 is 0.853 bits per heavy atom. The van der Waals surface area contributed by atoms with Gasteiger partial charge in [-0.25, -0.2) is 8.42 Å². The van der Waals surface area contributed by atoms with Crippen LogP contribution in [-0.2, 0) is 21.4 Å². The molecule has 2 aromatic carbocycles. The standard InChI is InChI=1S/C26H31N3O4S/c30-25(27-14-16-29(17-15-27)34(32,33)23-7-2-1-3-8-23)21-12-10-20(11-13-21)18-28-19-22-6-4-5-9-24(22)26(28)31/h1-9,20-21H,10-19H2. The molecule has 0 bridgehead atoms. The van der Waals surface area contributed by atoms with E-state index in [4.69, 9.17) is 0 Å². The van der Waals surface area contributed by atoms with Crippen molar-refractivity contribution in [3.05, 3.63) is 65.7 Å². The Morgan fingerprint density at radius 2 is 1.50 bits per heavy atom. The summed E-state index contributed by atoms with van der Waals surface area (Å²) in [6.07, 6.45) is 3.56. The molecule has 1 aliphatic carbocycles. The third-order valence-corrected chi connectivity index (χ3v) is 9.41. The molecule has 1 saturated carbocycles. The Balaban J connectivity index is 1.10. The number of hydrogen-bond acceptors (Lipinski definition) is 4. The summed E-state index contributed by atoms with van der Waals surface area (Å²) in [5.74, 6) is 0.701. The van der Waals surface area contributed by atoms with E-state index < -0.39 is 10.0 Å². The number of fused-ring (bicyclic) bond motifs is 1. The number of hydrogen-bond donors (Lipinski definition) is 0. The quantitative estimate of drug-likeness (QED) is 0.658. The number of carbonyl (C=O) groups is 2. The third-order valence-electron chi connectivity index (χ3n) is 7.50. The molecule has 2 aromatic rings. The van der Waals surface area contributed by atoms with Crippen LogP contribution in [0.4, 0.5) is 0 Å². The Kier molecular flexibility index (Phi) is 6.44. The predicted molar refractivity (Wildman–Crippen MR) is 128 cm³/mol. The number of benzene rings is 2. The zero-order chi connectivity index (χ0) is 23.7. The van der Waals surface area contributed by atoms with Crippen LogP contribution in [-0.4, -0.2) is 67.1 Å². The minimum absolute atomic E-state index is 0.00000676. The average Bonchev–Trinajstić information content (AvgIpc) is 3.20. The molecule has 0 spiro atoms. The molecule has 0 N–H and O–H groups in total. The lowest BCUT2D eigenvalue weighted by molar-refractivity contribution is -0.138. The summed E-state index contributed by atoms with van der Waals surface area (Å²) in [5.41, 5.74) is 1.92. The van der Waals surface area contributed by atoms with Crippen molar-refractivity contribution >= 4 is 21.8 Å². The van der Waals surface area contributed by atoms with E-state index >= 15 is 0 Å². The van der Waals surface area contributed by atoms with Crippen molar-refractivity contribution in [2.75, 3.05) is 32.7 Å². The SMILES string of the molecule is O=C1c2ccccc2CN1CC1CCC(C(=O)N2CCN(S(=O)(=O)c3ccccc3)CC2)CC1. The van der Waals surface area contributed by atoms with Crippen molar-refractivity contribution < 1.29 is 18.0 Å². The van der Waals surface area contributed by atoms with Crippen LogP contribution in [0.25, 0.3) is 0 Å². The Morgan fingerprint density at radius 3 is 2.18 bits per heavy atom. The highest BCUT2D eigenvalue weighted by Gasteiger charge is 2.35. The van der Waals surface area contributed by atoms with Crippen molar-refractivity contribution in [3.8, 4) is 0 Å². The molecule has 2 heterocycles. The lowest BCUT2D eigenvalue weighted by atomic mass is 9.81. The van der Waals surface area contributed by atoms with Gasteiger partial charge in [0, 0.05) is 50.7 Å². The van der Waals surface area contributed by atoms with E-state index in [-0.39, 0.29) is 17.7 Å². The summed E-state index contributed by atoms with van der Waals surface area (Å²) in [6, 6.07) is 16.3. The van der Waals surface area contributed by atoms with Gasteiger partial charge in [-0.2, -0.15) is 4.31 Å². The molecule has 180 valence electrons. The van der Waals surface area contributed by atoms with Crippen molar-refractivity contribution in [1.29, 1.82) is 0 Å². The Hall–Kier alpha value is -2.71. The van der Waals surface area contributed by atoms with Gasteiger partial charge in [-0.15, -0.1) is 0 Å². The molecule has 3 aliphatic rings. The van der Waals surface area contributed by atoms with Crippen LogP contribution >= 0.6 is 0 Å². The molecule has 1 saturated heterocycles. The molecule has 7 nitrogen and oxygen atoms in total. The van der Waals surface area contributed by atoms with E-state index in [2.05, 4.69) is 0 Å².